The number of amides is 1. The van der Waals surface area contributed by atoms with Crippen molar-refractivity contribution >= 4 is 35.4 Å². The van der Waals surface area contributed by atoms with Crippen LogP contribution in [0.4, 0.5) is 6.01 Å². The van der Waals surface area contributed by atoms with Gasteiger partial charge in [0, 0.05) is 9.79 Å². The average Bonchev–Trinajstić information content (AvgIpc) is 3.08. The molecule has 0 bridgehead atoms. The van der Waals surface area contributed by atoms with Crippen molar-refractivity contribution in [1.82, 2.24) is 10.2 Å². The molecule has 2 aromatic carbocycles. The predicted molar refractivity (Wildman–Crippen MR) is 101 cm³/mol. The van der Waals surface area contributed by atoms with E-state index in [0.29, 0.717) is 12.3 Å². The first-order valence-corrected chi connectivity index (χ1v) is 9.87. The Bertz CT molecular complexity index is 820. The van der Waals surface area contributed by atoms with E-state index in [1.165, 1.54) is 16.7 Å². The van der Waals surface area contributed by atoms with Gasteiger partial charge in [-0.2, -0.15) is 0 Å². The Morgan fingerprint density at radius 3 is 2.52 bits per heavy atom. The molecule has 0 aliphatic heterocycles. The summed E-state index contributed by atoms with van der Waals surface area (Å²) in [7, 11) is 0. The lowest BCUT2D eigenvalue weighted by Crippen LogP contribution is -2.14. The number of carbonyl (C=O) groups excluding carboxylic acids is 1. The van der Waals surface area contributed by atoms with E-state index < -0.39 is 0 Å². The lowest BCUT2D eigenvalue weighted by Gasteiger charge is -2.01. The molecular formula is C18H17N3O2S2. The monoisotopic (exact) mass is 371 g/mol. The number of thioether (sulfide) groups is 2. The molecule has 0 aliphatic carbocycles. The topological polar surface area (TPSA) is 68.0 Å². The molecule has 0 fully saturated rings. The number of hydrogen-bond donors (Lipinski definition) is 1. The number of aromatic nitrogens is 2. The number of hydrogen-bond acceptors (Lipinski definition) is 6. The van der Waals surface area contributed by atoms with Crippen LogP contribution in [0.3, 0.4) is 0 Å². The lowest BCUT2D eigenvalue weighted by atomic mass is 10.1. The third-order valence-electron chi connectivity index (χ3n) is 3.34. The Kier molecular flexibility index (Phi) is 6.14. The van der Waals surface area contributed by atoms with Crippen molar-refractivity contribution in [2.75, 3.05) is 17.3 Å². The number of nitrogens with one attached hydrogen (secondary N) is 1. The van der Waals surface area contributed by atoms with Crippen molar-refractivity contribution in [3.63, 3.8) is 0 Å². The number of benzene rings is 2. The zero-order chi connectivity index (χ0) is 17.5. The lowest BCUT2D eigenvalue weighted by molar-refractivity contribution is -0.113. The Hall–Kier alpha value is -2.25. The van der Waals surface area contributed by atoms with E-state index in [4.69, 9.17) is 4.42 Å². The summed E-state index contributed by atoms with van der Waals surface area (Å²) in [4.78, 5) is 14.2. The third-order valence-corrected chi connectivity index (χ3v) is 5.10. The van der Waals surface area contributed by atoms with Crippen LogP contribution in [0, 0.1) is 0 Å². The Balaban J connectivity index is 1.51. The van der Waals surface area contributed by atoms with Crippen molar-refractivity contribution in [3.05, 3.63) is 66.1 Å². The fraction of sp³-hybridized carbons (Fsp3) is 0.167. The summed E-state index contributed by atoms with van der Waals surface area (Å²) in [6, 6.07) is 18.1. The fourth-order valence-electron chi connectivity index (χ4n) is 2.11. The quantitative estimate of drug-likeness (QED) is 0.630. The molecular weight excluding hydrogens is 354 g/mol. The fourth-order valence-corrected chi connectivity index (χ4v) is 3.24. The second-order valence-electron chi connectivity index (χ2n) is 5.18. The number of nitrogens with zero attached hydrogens (tertiary/aromatic N) is 2. The molecule has 7 heteroatoms. The number of carbonyl (C=O) groups is 1. The van der Waals surface area contributed by atoms with Gasteiger partial charge in [-0.15, -0.1) is 28.6 Å². The molecule has 0 radical (unpaired) electrons. The first-order chi connectivity index (χ1) is 12.2. The van der Waals surface area contributed by atoms with Crippen LogP contribution in [0.2, 0.25) is 0 Å². The van der Waals surface area contributed by atoms with Gasteiger partial charge < -0.3 is 4.42 Å². The summed E-state index contributed by atoms with van der Waals surface area (Å²) >= 11 is 3.15. The summed E-state index contributed by atoms with van der Waals surface area (Å²) < 4.78 is 5.50. The summed E-state index contributed by atoms with van der Waals surface area (Å²) in [6.07, 6.45) is 2.58. The van der Waals surface area contributed by atoms with E-state index >= 15 is 0 Å². The Morgan fingerprint density at radius 2 is 1.80 bits per heavy atom. The zero-order valence-electron chi connectivity index (χ0n) is 13.6. The molecule has 0 aliphatic rings. The largest absolute Gasteiger partial charge is 0.407 e. The van der Waals surface area contributed by atoms with Crippen LogP contribution in [0.15, 0.2) is 68.8 Å². The van der Waals surface area contributed by atoms with Crippen LogP contribution in [0.25, 0.3) is 0 Å². The highest BCUT2D eigenvalue weighted by Crippen LogP contribution is 2.19. The molecule has 0 saturated carbocycles. The van der Waals surface area contributed by atoms with Crippen LogP contribution in [-0.2, 0) is 11.2 Å². The summed E-state index contributed by atoms with van der Waals surface area (Å²) in [5.41, 5.74) is 1.08. The van der Waals surface area contributed by atoms with Crippen molar-refractivity contribution in [2.24, 2.45) is 0 Å². The molecule has 1 N–H and O–H groups in total. The second-order valence-corrected chi connectivity index (χ2v) is 7.10. The van der Waals surface area contributed by atoms with Gasteiger partial charge in [0.2, 0.25) is 11.8 Å². The maximum absolute atomic E-state index is 12.0. The maximum Gasteiger partial charge on any atom is 0.322 e. The number of anilines is 1. The molecule has 3 rings (SSSR count). The van der Waals surface area contributed by atoms with Crippen molar-refractivity contribution < 1.29 is 9.21 Å². The first kappa shape index (κ1) is 17.6. The van der Waals surface area contributed by atoms with E-state index in [2.05, 4.69) is 27.6 Å². The zero-order valence-corrected chi connectivity index (χ0v) is 15.3. The van der Waals surface area contributed by atoms with Crippen LogP contribution in [0.5, 0.6) is 0 Å². The van der Waals surface area contributed by atoms with Gasteiger partial charge in [0.25, 0.3) is 0 Å². The molecule has 0 saturated heterocycles. The highest BCUT2D eigenvalue weighted by molar-refractivity contribution is 8.00. The van der Waals surface area contributed by atoms with Gasteiger partial charge in [0.15, 0.2) is 0 Å². The summed E-state index contributed by atoms with van der Waals surface area (Å²) in [5.74, 6) is 0.592. The molecule has 0 unspecified atom stereocenters. The van der Waals surface area contributed by atoms with Gasteiger partial charge in [-0.05, 0) is 36.1 Å². The van der Waals surface area contributed by atoms with E-state index in [1.807, 2.05) is 48.7 Å². The first-order valence-electron chi connectivity index (χ1n) is 7.66. The minimum absolute atomic E-state index is 0.134. The smallest absolute Gasteiger partial charge is 0.322 e. The van der Waals surface area contributed by atoms with Crippen molar-refractivity contribution in [3.8, 4) is 0 Å². The molecule has 25 heavy (non-hydrogen) atoms. The highest BCUT2D eigenvalue weighted by atomic mass is 32.2. The minimum atomic E-state index is -0.173. The summed E-state index contributed by atoms with van der Waals surface area (Å²) in [6.45, 7) is 0. The normalized spacial score (nSPS) is 10.6. The van der Waals surface area contributed by atoms with Gasteiger partial charge in [-0.3, -0.25) is 10.1 Å². The maximum atomic E-state index is 12.0. The van der Waals surface area contributed by atoms with Crippen LogP contribution in [-0.4, -0.2) is 28.1 Å². The molecule has 0 spiro atoms. The highest BCUT2D eigenvalue weighted by Gasteiger charge is 2.11. The molecule has 1 amide bonds. The molecule has 0 atom stereocenters. The van der Waals surface area contributed by atoms with Gasteiger partial charge in [-0.1, -0.05) is 35.4 Å². The third kappa shape index (κ3) is 5.37. The predicted octanol–water partition coefficient (Wildman–Crippen LogP) is 4.11. The van der Waals surface area contributed by atoms with E-state index in [9.17, 15) is 4.79 Å². The van der Waals surface area contributed by atoms with Crippen LogP contribution >= 0.6 is 23.5 Å². The van der Waals surface area contributed by atoms with Crippen molar-refractivity contribution in [1.29, 1.82) is 0 Å². The van der Waals surface area contributed by atoms with Crippen LogP contribution in [0.1, 0.15) is 11.5 Å². The van der Waals surface area contributed by atoms with Gasteiger partial charge >= 0.3 is 6.01 Å². The van der Waals surface area contributed by atoms with E-state index in [0.717, 1.165) is 10.5 Å². The van der Waals surface area contributed by atoms with Gasteiger partial charge in [-0.25, -0.2) is 0 Å². The summed E-state index contributed by atoms with van der Waals surface area (Å²) in [5, 5.41) is 10.5. The molecule has 1 heterocycles. The Labute approximate surface area is 154 Å². The molecule has 5 nitrogen and oxygen atoms in total. The average molecular weight is 371 g/mol. The van der Waals surface area contributed by atoms with E-state index in [-0.39, 0.29) is 17.7 Å². The van der Waals surface area contributed by atoms with Crippen molar-refractivity contribution in [2.45, 2.75) is 16.2 Å². The SMILES string of the molecule is CSc1ccc(Cc2nnc(NC(=O)CSc3ccccc3)o2)cc1. The Morgan fingerprint density at radius 1 is 1.04 bits per heavy atom. The second kappa shape index (κ2) is 8.73. The minimum Gasteiger partial charge on any atom is -0.407 e. The standard InChI is InChI=1S/C18H17N3O2S2/c1-24-14-9-7-13(8-10-14)11-17-20-21-18(23-17)19-16(22)12-25-15-5-3-2-4-6-15/h2-10H,11-12H2,1H3,(H,19,21,22). The van der Waals surface area contributed by atoms with E-state index in [1.54, 1.807) is 11.8 Å². The molecule has 128 valence electrons. The molecule has 3 aromatic rings. The van der Waals surface area contributed by atoms with Gasteiger partial charge in [0.1, 0.15) is 0 Å². The molecule has 1 aromatic heterocycles. The van der Waals surface area contributed by atoms with Crippen LogP contribution < -0.4 is 5.32 Å². The number of rotatable bonds is 7. The van der Waals surface area contributed by atoms with Gasteiger partial charge in [0.05, 0.1) is 12.2 Å².